The van der Waals surface area contributed by atoms with Crippen molar-refractivity contribution in [3.63, 3.8) is 0 Å². The summed E-state index contributed by atoms with van der Waals surface area (Å²) in [6.45, 7) is 9.07. The minimum atomic E-state index is 0.157. The lowest BCUT2D eigenvalue weighted by Gasteiger charge is -2.12. The molecular formula is C8H17NS. The predicted octanol–water partition coefficient (Wildman–Crippen LogP) is 2.57. The molecule has 1 nitrogen and oxygen atoms in total. The minimum absolute atomic E-state index is 0.157. The summed E-state index contributed by atoms with van der Waals surface area (Å²) in [5, 5.41) is 0. The summed E-state index contributed by atoms with van der Waals surface area (Å²) in [5.41, 5.74) is 1.24. The van der Waals surface area contributed by atoms with E-state index in [4.69, 9.17) is 0 Å². The lowest BCUT2D eigenvalue weighted by atomic mass is 10.1. The number of aliphatic imine (C=N–C) groups is 1. The van der Waals surface area contributed by atoms with Gasteiger partial charge in [-0.25, -0.2) is 0 Å². The molecule has 0 aromatic heterocycles. The van der Waals surface area contributed by atoms with Crippen LogP contribution in [-0.4, -0.2) is 17.0 Å². The van der Waals surface area contributed by atoms with Gasteiger partial charge in [-0.1, -0.05) is 13.8 Å². The molecule has 0 bridgehead atoms. The number of nitrogens with zero attached hydrogens (tertiary/aromatic N) is 1. The van der Waals surface area contributed by atoms with Crippen molar-refractivity contribution >= 4 is 18.3 Å². The van der Waals surface area contributed by atoms with Crippen LogP contribution in [0.4, 0.5) is 0 Å². The zero-order valence-corrected chi connectivity index (χ0v) is 8.20. The van der Waals surface area contributed by atoms with Crippen molar-refractivity contribution < 1.29 is 0 Å². The van der Waals surface area contributed by atoms with Crippen LogP contribution < -0.4 is 0 Å². The quantitative estimate of drug-likeness (QED) is 0.522. The summed E-state index contributed by atoms with van der Waals surface area (Å²) in [6, 6.07) is 0. The van der Waals surface area contributed by atoms with Crippen LogP contribution >= 0.6 is 12.6 Å². The molecule has 0 fully saturated rings. The van der Waals surface area contributed by atoms with Crippen LogP contribution in [0, 0.1) is 0 Å². The summed E-state index contributed by atoms with van der Waals surface area (Å²) in [5.74, 6) is 0. The van der Waals surface area contributed by atoms with E-state index in [0.717, 1.165) is 13.0 Å². The van der Waals surface area contributed by atoms with Crippen LogP contribution in [0.3, 0.4) is 0 Å². The SMILES string of the molecule is CC.CC1=NCC(C)(S)C1. The molecule has 0 saturated heterocycles. The molecule has 1 aliphatic rings. The molecule has 10 heavy (non-hydrogen) atoms. The average Bonchev–Trinajstić information content (AvgIpc) is 2.15. The maximum absolute atomic E-state index is 4.39. The Labute approximate surface area is 69.3 Å². The number of rotatable bonds is 0. The molecule has 0 N–H and O–H groups in total. The van der Waals surface area contributed by atoms with Gasteiger partial charge in [0.25, 0.3) is 0 Å². The van der Waals surface area contributed by atoms with E-state index in [9.17, 15) is 0 Å². The van der Waals surface area contributed by atoms with Crippen molar-refractivity contribution in [1.82, 2.24) is 0 Å². The molecule has 2 heteroatoms. The highest BCUT2D eigenvalue weighted by Crippen LogP contribution is 2.24. The Morgan fingerprint density at radius 2 is 2.00 bits per heavy atom. The summed E-state index contributed by atoms with van der Waals surface area (Å²) >= 11 is 4.39. The Morgan fingerprint density at radius 1 is 1.50 bits per heavy atom. The first-order valence-electron chi connectivity index (χ1n) is 3.82. The zero-order valence-electron chi connectivity index (χ0n) is 7.31. The second kappa shape index (κ2) is 4.02. The molecule has 1 heterocycles. The van der Waals surface area contributed by atoms with Gasteiger partial charge in [0.05, 0.1) is 6.54 Å². The number of hydrogen-bond donors (Lipinski definition) is 1. The standard InChI is InChI=1S/C6H11NS.C2H6/c1-5-3-6(2,8)4-7-5;1-2/h8H,3-4H2,1-2H3;1-2H3. The van der Waals surface area contributed by atoms with E-state index >= 15 is 0 Å². The predicted molar refractivity (Wildman–Crippen MR) is 51.3 cm³/mol. The zero-order chi connectivity index (χ0) is 8.20. The van der Waals surface area contributed by atoms with E-state index in [1.54, 1.807) is 0 Å². The lowest BCUT2D eigenvalue weighted by Crippen LogP contribution is -2.16. The van der Waals surface area contributed by atoms with Crippen molar-refractivity contribution in [3.8, 4) is 0 Å². The molecule has 1 rings (SSSR count). The fraction of sp³-hybridized carbons (Fsp3) is 0.875. The fourth-order valence-corrected chi connectivity index (χ4v) is 1.27. The Morgan fingerprint density at radius 3 is 2.10 bits per heavy atom. The largest absolute Gasteiger partial charge is 0.293 e. The molecule has 0 aromatic carbocycles. The molecule has 60 valence electrons. The highest BCUT2D eigenvalue weighted by atomic mass is 32.1. The fourth-order valence-electron chi connectivity index (χ4n) is 0.968. The highest BCUT2D eigenvalue weighted by molar-refractivity contribution is 7.81. The van der Waals surface area contributed by atoms with Crippen molar-refractivity contribution in [2.75, 3.05) is 6.54 Å². The first-order chi connectivity index (χ1) is 4.60. The van der Waals surface area contributed by atoms with Crippen LogP contribution in [-0.2, 0) is 0 Å². The van der Waals surface area contributed by atoms with Gasteiger partial charge < -0.3 is 0 Å². The van der Waals surface area contributed by atoms with Gasteiger partial charge in [-0.2, -0.15) is 12.6 Å². The molecule has 0 spiro atoms. The lowest BCUT2D eigenvalue weighted by molar-refractivity contribution is 0.732. The van der Waals surface area contributed by atoms with Crippen LogP contribution in [0.15, 0.2) is 4.99 Å². The summed E-state index contributed by atoms with van der Waals surface area (Å²) in [6.07, 6.45) is 1.05. The summed E-state index contributed by atoms with van der Waals surface area (Å²) in [7, 11) is 0. The first-order valence-corrected chi connectivity index (χ1v) is 4.27. The molecule has 0 aromatic rings. The monoisotopic (exact) mass is 159 g/mol. The Bertz CT molecular complexity index is 127. The second-order valence-corrected chi connectivity index (χ2v) is 3.80. The van der Waals surface area contributed by atoms with E-state index in [1.807, 2.05) is 13.8 Å². The van der Waals surface area contributed by atoms with Gasteiger partial charge in [-0.05, 0) is 13.8 Å². The third-order valence-corrected chi connectivity index (χ3v) is 1.63. The highest BCUT2D eigenvalue weighted by Gasteiger charge is 2.24. The van der Waals surface area contributed by atoms with Crippen LogP contribution in [0.25, 0.3) is 0 Å². The van der Waals surface area contributed by atoms with Gasteiger partial charge in [0.1, 0.15) is 0 Å². The second-order valence-electron chi connectivity index (χ2n) is 2.73. The van der Waals surface area contributed by atoms with Crippen LogP contribution in [0.2, 0.25) is 0 Å². The summed E-state index contributed by atoms with van der Waals surface area (Å²) < 4.78 is 0.157. The summed E-state index contributed by atoms with van der Waals surface area (Å²) in [4.78, 5) is 4.23. The first kappa shape index (κ1) is 10.0. The maximum atomic E-state index is 4.39. The van der Waals surface area contributed by atoms with Crippen molar-refractivity contribution in [1.29, 1.82) is 0 Å². The maximum Gasteiger partial charge on any atom is 0.0534 e. The molecule has 0 radical (unpaired) electrons. The Balaban J connectivity index is 0.000000371. The van der Waals surface area contributed by atoms with Crippen LogP contribution in [0.5, 0.6) is 0 Å². The van der Waals surface area contributed by atoms with E-state index in [-0.39, 0.29) is 4.75 Å². The molecule has 1 unspecified atom stereocenters. The van der Waals surface area contributed by atoms with Gasteiger partial charge in [0, 0.05) is 16.9 Å². The Kier molecular flexibility index (Phi) is 4.02. The Hall–Kier alpha value is 0.0200. The van der Waals surface area contributed by atoms with E-state index in [1.165, 1.54) is 5.71 Å². The molecular weight excluding hydrogens is 142 g/mol. The third kappa shape index (κ3) is 3.25. The van der Waals surface area contributed by atoms with Crippen molar-refractivity contribution in [2.45, 2.75) is 38.9 Å². The molecule has 1 aliphatic heterocycles. The normalized spacial score (nSPS) is 30.7. The van der Waals surface area contributed by atoms with E-state index in [0.29, 0.717) is 0 Å². The molecule has 1 atom stereocenters. The number of thiol groups is 1. The topological polar surface area (TPSA) is 12.4 Å². The minimum Gasteiger partial charge on any atom is -0.293 e. The van der Waals surface area contributed by atoms with E-state index < -0.39 is 0 Å². The number of hydrogen-bond acceptors (Lipinski definition) is 2. The molecule has 0 aliphatic carbocycles. The molecule has 0 amide bonds. The van der Waals surface area contributed by atoms with Gasteiger partial charge in [-0.15, -0.1) is 0 Å². The van der Waals surface area contributed by atoms with E-state index in [2.05, 4.69) is 31.5 Å². The van der Waals surface area contributed by atoms with Crippen molar-refractivity contribution in [2.24, 2.45) is 4.99 Å². The van der Waals surface area contributed by atoms with Crippen LogP contribution in [0.1, 0.15) is 34.1 Å². The van der Waals surface area contributed by atoms with Gasteiger partial charge in [-0.3, -0.25) is 4.99 Å². The third-order valence-electron chi connectivity index (χ3n) is 1.33. The smallest absolute Gasteiger partial charge is 0.0534 e. The van der Waals surface area contributed by atoms with Gasteiger partial charge in [0.15, 0.2) is 0 Å². The molecule has 0 saturated carbocycles. The van der Waals surface area contributed by atoms with Gasteiger partial charge in [0.2, 0.25) is 0 Å². The van der Waals surface area contributed by atoms with Gasteiger partial charge >= 0.3 is 0 Å². The average molecular weight is 159 g/mol. The van der Waals surface area contributed by atoms with Crippen molar-refractivity contribution in [3.05, 3.63) is 0 Å².